The molecule has 0 amide bonds. The van der Waals surface area contributed by atoms with Gasteiger partial charge in [-0.3, -0.25) is 0 Å². The summed E-state index contributed by atoms with van der Waals surface area (Å²) in [6.45, 7) is 15.0. The van der Waals surface area contributed by atoms with Crippen molar-refractivity contribution in [3.05, 3.63) is 19.0 Å². The van der Waals surface area contributed by atoms with Crippen molar-refractivity contribution < 1.29 is 0 Å². The Balaban J connectivity index is 3.02. The minimum atomic E-state index is 0.549. The van der Waals surface area contributed by atoms with Crippen molar-refractivity contribution >= 4 is 17.3 Å². The molecule has 0 atom stereocenters. The van der Waals surface area contributed by atoms with Crippen LogP contribution >= 0.6 is 0 Å². The topological polar surface area (TPSA) is 67.1 Å². The zero-order chi connectivity index (χ0) is 15.1. The number of nitrogens with one attached hydrogen (secondary N) is 1. The maximum Gasteiger partial charge on any atom is 0.157 e. The number of nitrogens with zero attached hydrogens (tertiary/aromatic N) is 3. The van der Waals surface area contributed by atoms with Crippen LogP contribution in [0.5, 0.6) is 0 Å². The Hall–Kier alpha value is -1.78. The average Bonchev–Trinajstić information content (AvgIpc) is 2.35. The number of nitrogens with two attached hydrogens (primary N) is 1. The summed E-state index contributed by atoms with van der Waals surface area (Å²) < 4.78 is 0. The normalized spacial score (nSPS) is 10.9. The van der Waals surface area contributed by atoms with Crippen molar-refractivity contribution in [3.63, 3.8) is 0 Å². The van der Waals surface area contributed by atoms with Gasteiger partial charge in [-0.05, 0) is 11.8 Å². The molecule has 0 aliphatic carbocycles. The second-order valence-corrected chi connectivity index (χ2v) is 5.82. The van der Waals surface area contributed by atoms with Crippen LogP contribution in [0.3, 0.4) is 0 Å². The molecule has 5 heteroatoms. The maximum atomic E-state index is 6.21. The van der Waals surface area contributed by atoms with Crippen LogP contribution in [0.15, 0.2) is 19.0 Å². The van der Waals surface area contributed by atoms with Gasteiger partial charge in [-0.25, -0.2) is 9.97 Å². The lowest BCUT2D eigenvalue weighted by Crippen LogP contribution is -2.33. The van der Waals surface area contributed by atoms with Crippen LogP contribution < -0.4 is 16.0 Å². The van der Waals surface area contributed by atoms with Crippen molar-refractivity contribution in [2.24, 2.45) is 11.8 Å². The van der Waals surface area contributed by atoms with Gasteiger partial charge in [-0.1, -0.05) is 33.8 Å². The van der Waals surface area contributed by atoms with E-state index < -0.39 is 0 Å². The lowest BCUT2D eigenvalue weighted by molar-refractivity contribution is 0.549. The molecule has 3 N–H and O–H groups in total. The zero-order valence-corrected chi connectivity index (χ0v) is 13.1. The first kappa shape index (κ1) is 16.3. The largest absolute Gasteiger partial charge is 0.393 e. The van der Waals surface area contributed by atoms with Crippen LogP contribution in [-0.2, 0) is 0 Å². The predicted octanol–water partition coefficient (Wildman–Crippen LogP) is 2.78. The van der Waals surface area contributed by atoms with E-state index in [4.69, 9.17) is 5.73 Å². The summed E-state index contributed by atoms with van der Waals surface area (Å²) in [5.41, 5.74) is 6.82. The molecule has 1 heterocycles. The molecule has 1 aromatic rings. The molecule has 0 radical (unpaired) electrons. The Labute approximate surface area is 122 Å². The number of rotatable bonds is 8. The summed E-state index contributed by atoms with van der Waals surface area (Å²) in [7, 11) is 0. The number of hydrogen-bond donors (Lipinski definition) is 2. The summed E-state index contributed by atoms with van der Waals surface area (Å²) in [6, 6.07) is 0. The Morgan fingerprint density at radius 2 is 1.85 bits per heavy atom. The van der Waals surface area contributed by atoms with E-state index in [-0.39, 0.29) is 0 Å². The monoisotopic (exact) mass is 277 g/mol. The van der Waals surface area contributed by atoms with Crippen molar-refractivity contribution in [2.45, 2.75) is 27.7 Å². The minimum Gasteiger partial charge on any atom is -0.393 e. The van der Waals surface area contributed by atoms with Crippen molar-refractivity contribution in [1.29, 1.82) is 0 Å². The summed E-state index contributed by atoms with van der Waals surface area (Å²) >= 11 is 0. The molecule has 0 aliphatic heterocycles. The van der Waals surface area contributed by atoms with E-state index >= 15 is 0 Å². The van der Waals surface area contributed by atoms with Crippen LogP contribution in [0, 0.1) is 11.8 Å². The average molecular weight is 277 g/mol. The fraction of sp³-hybridized carbons (Fsp3) is 0.600. The minimum absolute atomic E-state index is 0.549. The predicted molar refractivity (Wildman–Crippen MR) is 87.0 cm³/mol. The smallest absolute Gasteiger partial charge is 0.157 e. The molecule has 112 valence electrons. The van der Waals surface area contributed by atoms with Gasteiger partial charge in [0.1, 0.15) is 12.0 Å². The first-order valence-corrected chi connectivity index (χ1v) is 7.15. The standard InChI is InChI=1S/C15H27N5/c1-6-7-17-14-13(16)15(19-10-18-14)20(8-11(2)3)9-12(4)5/h6,10-12H,1,7-9,16H2,2-5H3,(H,17,18,19). The first-order valence-electron chi connectivity index (χ1n) is 7.15. The molecule has 0 unspecified atom stereocenters. The molecule has 20 heavy (non-hydrogen) atoms. The summed E-state index contributed by atoms with van der Waals surface area (Å²) in [4.78, 5) is 10.8. The van der Waals surface area contributed by atoms with Gasteiger partial charge in [-0.2, -0.15) is 0 Å². The van der Waals surface area contributed by atoms with E-state index in [0.717, 1.165) is 18.9 Å². The third-order valence-corrected chi connectivity index (χ3v) is 2.75. The molecule has 1 rings (SSSR count). The number of hydrogen-bond acceptors (Lipinski definition) is 5. The summed E-state index contributed by atoms with van der Waals surface area (Å²) in [6.07, 6.45) is 3.34. The molecule has 0 aliphatic rings. The second-order valence-electron chi connectivity index (χ2n) is 5.82. The van der Waals surface area contributed by atoms with Crippen molar-refractivity contribution in [3.8, 4) is 0 Å². The highest BCUT2D eigenvalue weighted by molar-refractivity contribution is 5.75. The van der Waals surface area contributed by atoms with Crippen molar-refractivity contribution in [2.75, 3.05) is 35.6 Å². The first-order chi connectivity index (χ1) is 9.45. The van der Waals surface area contributed by atoms with E-state index in [1.165, 1.54) is 0 Å². The molecule has 0 saturated heterocycles. The van der Waals surface area contributed by atoms with E-state index in [1.807, 2.05) is 0 Å². The fourth-order valence-electron chi connectivity index (χ4n) is 2.08. The molecular weight excluding hydrogens is 250 g/mol. The van der Waals surface area contributed by atoms with Gasteiger partial charge in [0.05, 0.1) is 0 Å². The Kier molecular flexibility index (Phi) is 6.28. The lowest BCUT2D eigenvalue weighted by atomic mass is 10.1. The molecule has 0 fully saturated rings. The summed E-state index contributed by atoms with van der Waals surface area (Å²) in [5, 5.41) is 3.14. The fourth-order valence-corrected chi connectivity index (χ4v) is 2.08. The van der Waals surface area contributed by atoms with Gasteiger partial charge in [0.15, 0.2) is 11.6 Å². The third kappa shape index (κ3) is 4.72. The van der Waals surface area contributed by atoms with Crippen molar-refractivity contribution in [1.82, 2.24) is 9.97 Å². The molecule has 0 saturated carbocycles. The third-order valence-electron chi connectivity index (χ3n) is 2.75. The molecule has 1 aromatic heterocycles. The molecule has 0 spiro atoms. The van der Waals surface area contributed by atoms with Crippen LogP contribution in [0.25, 0.3) is 0 Å². The van der Waals surface area contributed by atoms with Gasteiger partial charge < -0.3 is 16.0 Å². The SMILES string of the molecule is C=CCNc1ncnc(N(CC(C)C)CC(C)C)c1N. The second kappa shape index (κ2) is 7.72. The van der Waals surface area contributed by atoms with Gasteiger partial charge in [0, 0.05) is 19.6 Å². The highest BCUT2D eigenvalue weighted by atomic mass is 15.2. The Bertz CT molecular complexity index is 418. The highest BCUT2D eigenvalue weighted by Crippen LogP contribution is 2.27. The Morgan fingerprint density at radius 1 is 1.25 bits per heavy atom. The van der Waals surface area contributed by atoms with Crippen LogP contribution in [0.4, 0.5) is 17.3 Å². The van der Waals surface area contributed by atoms with Gasteiger partial charge in [0.25, 0.3) is 0 Å². The lowest BCUT2D eigenvalue weighted by Gasteiger charge is -2.28. The zero-order valence-electron chi connectivity index (χ0n) is 13.1. The molecule has 5 nitrogen and oxygen atoms in total. The van der Waals surface area contributed by atoms with Crippen LogP contribution in [0.1, 0.15) is 27.7 Å². The molecule has 0 bridgehead atoms. The maximum absolute atomic E-state index is 6.21. The number of anilines is 3. The number of nitrogen functional groups attached to an aromatic ring is 1. The van der Waals surface area contributed by atoms with Gasteiger partial charge in [0.2, 0.25) is 0 Å². The van der Waals surface area contributed by atoms with Gasteiger partial charge in [-0.15, -0.1) is 6.58 Å². The van der Waals surface area contributed by atoms with Gasteiger partial charge >= 0.3 is 0 Å². The van der Waals surface area contributed by atoms with E-state index in [1.54, 1.807) is 12.4 Å². The van der Waals surface area contributed by atoms with Crippen LogP contribution in [-0.4, -0.2) is 29.6 Å². The van der Waals surface area contributed by atoms with Crippen LogP contribution in [0.2, 0.25) is 0 Å². The molecule has 0 aromatic carbocycles. The number of aromatic nitrogens is 2. The van der Waals surface area contributed by atoms with E-state index in [0.29, 0.717) is 29.9 Å². The highest BCUT2D eigenvalue weighted by Gasteiger charge is 2.17. The Morgan fingerprint density at radius 3 is 2.35 bits per heavy atom. The summed E-state index contributed by atoms with van der Waals surface area (Å²) in [5.74, 6) is 2.58. The van der Waals surface area contributed by atoms with E-state index in [2.05, 4.69) is 54.5 Å². The quantitative estimate of drug-likeness (QED) is 0.715. The molecular formula is C15H27N5. The van der Waals surface area contributed by atoms with E-state index in [9.17, 15) is 0 Å².